The highest BCUT2D eigenvalue weighted by atomic mass is 32.2. The van der Waals surface area contributed by atoms with Crippen LogP contribution in [0.1, 0.15) is 11.1 Å². The first-order valence-electron chi connectivity index (χ1n) is 7.53. The van der Waals surface area contributed by atoms with Gasteiger partial charge in [-0.25, -0.2) is 4.98 Å². The van der Waals surface area contributed by atoms with Crippen LogP contribution in [0.25, 0.3) is 42.5 Å². The van der Waals surface area contributed by atoms with E-state index in [0.717, 1.165) is 28.5 Å². The van der Waals surface area contributed by atoms with Crippen LogP contribution in [0.5, 0.6) is 0 Å². The number of fused-ring (bicyclic) bond motifs is 4. The number of hydrogen-bond acceptors (Lipinski definition) is 4. The van der Waals surface area contributed by atoms with Crippen molar-refractivity contribution in [3.63, 3.8) is 0 Å². The van der Waals surface area contributed by atoms with Crippen molar-refractivity contribution >= 4 is 53.9 Å². The summed E-state index contributed by atoms with van der Waals surface area (Å²) in [7, 11) is 0. The van der Waals surface area contributed by atoms with Gasteiger partial charge in [0.25, 0.3) is 0 Å². The predicted octanol–water partition coefficient (Wildman–Crippen LogP) is 5.63. The number of thiophene rings is 2. The highest BCUT2D eigenvalue weighted by molar-refractivity contribution is 7.37. The molecule has 4 heteroatoms. The van der Waals surface area contributed by atoms with Gasteiger partial charge in [0.2, 0.25) is 0 Å². The van der Waals surface area contributed by atoms with E-state index in [4.69, 9.17) is 4.98 Å². The van der Waals surface area contributed by atoms with Gasteiger partial charge in [-0.1, -0.05) is 6.07 Å². The summed E-state index contributed by atoms with van der Waals surface area (Å²) in [5.41, 5.74) is 7.36. The van der Waals surface area contributed by atoms with Gasteiger partial charge in [-0.15, -0.1) is 22.7 Å². The smallest absolute Gasteiger partial charge is 0.0874 e. The Labute approximate surface area is 140 Å². The van der Waals surface area contributed by atoms with Crippen LogP contribution in [-0.2, 0) is 6.42 Å². The summed E-state index contributed by atoms with van der Waals surface area (Å²) >= 11 is 3.70. The van der Waals surface area contributed by atoms with E-state index in [1.807, 2.05) is 34.9 Å². The third-order valence-electron chi connectivity index (χ3n) is 4.64. The summed E-state index contributed by atoms with van der Waals surface area (Å²) in [6.07, 6.45) is 2.84. The zero-order chi connectivity index (χ0) is 15.0. The van der Waals surface area contributed by atoms with E-state index in [1.54, 1.807) is 0 Å². The molecule has 2 nitrogen and oxygen atoms in total. The van der Waals surface area contributed by atoms with Crippen LogP contribution in [0.3, 0.4) is 0 Å². The first-order chi connectivity index (χ1) is 11.4. The second-order valence-electron chi connectivity index (χ2n) is 5.99. The SMILES string of the molecule is c1cnc2cc3cc4c(nc3cc2c1)-c1csc2scc(c12)C4. The lowest BCUT2D eigenvalue weighted by atomic mass is 9.92. The Morgan fingerprint density at radius 3 is 2.83 bits per heavy atom. The molecule has 0 unspecified atom stereocenters. The van der Waals surface area contributed by atoms with Crippen LogP contribution >= 0.6 is 22.7 Å². The molecule has 4 heterocycles. The third kappa shape index (κ3) is 1.57. The minimum absolute atomic E-state index is 0.988. The summed E-state index contributed by atoms with van der Waals surface area (Å²) in [5.74, 6) is 0. The van der Waals surface area contributed by atoms with Crippen molar-refractivity contribution in [1.82, 2.24) is 9.97 Å². The molecule has 108 valence electrons. The molecule has 0 saturated carbocycles. The van der Waals surface area contributed by atoms with Crippen LogP contribution in [0, 0.1) is 0 Å². The van der Waals surface area contributed by atoms with E-state index >= 15 is 0 Å². The van der Waals surface area contributed by atoms with Gasteiger partial charge in [0, 0.05) is 39.7 Å². The number of rotatable bonds is 0. The molecule has 0 spiro atoms. The number of nitrogens with zero attached hydrogens (tertiary/aromatic N) is 2. The molecule has 0 bridgehead atoms. The van der Waals surface area contributed by atoms with Gasteiger partial charge in [0.1, 0.15) is 0 Å². The molecule has 0 N–H and O–H groups in total. The maximum absolute atomic E-state index is 5.03. The molecule has 0 atom stereocenters. The number of pyridine rings is 2. The average molecular weight is 330 g/mol. The Hall–Kier alpha value is -2.30. The second kappa shape index (κ2) is 4.16. The van der Waals surface area contributed by atoms with Gasteiger partial charge in [0.05, 0.1) is 20.7 Å². The zero-order valence-corrected chi connectivity index (χ0v) is 13.7. The quantitative estimate of drug-likeness (QED) is 0.337. The molecular weight excluding hydrogens is 320 g/mol. The Balaban J connectivity index is 1.74. The standard InChI is InChI=1S/C19H10N2S2/c1-2-10-6-16-11(7-15(10)20-3-1)4-12-5-13-8-22-19-17(13)14(9-23-19)18(12)21-16/h1-4,6-9H,5H2. The fourth-order valence-electron chi connectivity index (χ4n) is 3.58. The average Bonchev–Trinajstić information content (AvgIpc) is 3.17. The molecule has 0 aliphatic heterocycles. The zero-order valence-electron chi connectivity index (χ0n) is 12.0. The van der Waals surface area contributed by atoms with E-state index in [-0.39, 0.29) is 0 Å². The summed E-state index contributed by atoms with van der Waals surface area (Å²) < 4.78 is 1.42. The Morgan fingerprint density at radius 1 is 0.913 bits per heavy atom. The maximum atomic E-state index is 5.03. The summed E-state index contributed by atoms with van der Waals surface area (Å²) in [6, 6.07) is 10.7. The van der Waals surface area contributed by atoms with E-state index in [9.17, 15) is 0 Å². The molecule has 6 rings (SSSR count). The molecular formula is C19H10N2S2. The monoisotopic (exact) mass is 330 g/mol. The van der Waals surface area contributed by atoms with Crippen LogP contribution in [0.2, 0.25) is 0 Å². The molecule has 1 aliphatic carbocycles. The van der Waals surface area contributed by atoms with Crippen LogP contribution in [0.4, 0.5) is 0 Å². The molecule has 0 amide bonds. The fraction of sp³-hybridized carbons (Fsp3) is 0.0526. The van der Waals surface area contributed by atoms with E-state index in [2.05, 4.69) is 40.0 Å². The maximum Gasteiger partial charge on any atom is 0.0874 e. The van der Waals surface area contributed by atoms with Crippen molar-refractivity contribution in [2.75, 3.05) is 0 Å². The molecule has 1 aromatic carbocycles. The topological polar surface area (TPSA) is 25.8 Å². The van der Waals surface area contributed by atoms with Gasteiger partial charge in [0.15, 0.2) is 0 Å². The Morgan fingerprint density at radius 2 is 1.83 bits per heavy atom. The number of aromatic nitrogens is 2. The van der Waals surface area contributed by atoms with Crippen molar-refractivity contribution in [1.29, 1.82) is 0 Å². The third-order valence-corrected chi connectivity index (χ3v) is 6.81. The second-order valence-corrected chi connectivity index (χ2v) is 8.00. The highest BCUT2D eigenvalue weighted by Gasteiger charge is 2.22. The van der Waals surface area contributed by atoms with Crippen LogP contribution in [0.15, 0.2) is 47.3 Å². The van der Waals surface area contributed by atoms with Gasteiger partial charge in [-0.3, -0.25) is 4.98 Å². The highest BCUT2D eigenvalue weighted by Crippen LogP contribution is 2.45. The predicted molar refractivity (Wildman–Crippen MR) is 98.5 cm³/mol. The van der Waals surface area contributed by atoms with Crippen molar-refractivity contribution in [3.8, 4) is 11.3 Å². The molecule has 0 radical (unpaired) electrons. The van der Waals surface area contributed by atoms with Crippen LogP contribution < -0.4 is 0 Å². The van der Waals surface area contributed by atoms with Crippen molar-refractivity contribution < 1.29 is 0 Å². The van der Waals surface area contributed by atoms with Crippen molar-refractivity contribution in [2.24, 2.45) is 0 Å². The van der Waals surface area contributed by atoms with Gasteiger partial charge in [-0.2, -0.15) is 0 Å². The molecule has 0 saturated heterocycles. The fourth-order valence-corrected chi connectivity index (χ4v) is 5.71. The number of hydrogen-bond donors (Lipinski definition) is 0. The lowest BCUT2D eigenvalue weighted by Gasteiger charge is -2.15. The summed E-state index contributed by atoms with van der Waals surface area (Å²) in [6.45, 7) is 0. The van der Waals surface area contributed by atoms with E-state index in [0.29, 0.717) is 0 Å². The lowest BCUT2D eigenvalue weighted by molar-refractivity contribution is 1.18. The molecule has 23 heavy (non-hydrogen) atoms. The first kappa shape index (κ1) is 12.2. The van der Waals surface area contributed by atoms with Crippen molar-refractivity contribution in [3.05, 3.63) is 58.4 Å². The van der Waals surface area contributed by atoms with Gasteiger partial charge >= 0.3 is 0 Å². The minimum Gasteiger partial charge on any atom is -0.256 e. The number of benzene rings is 1. The summed E-state index contributed by atoms with van der Waals surface area (Å²) in [5, 5.41) is 8.33. The normalized spacial score (nSPS) is 13.0. The first-order valence-corrected chi connectivity index (χ1v) is 9.29. The summed E-state index contributed by atoms with van der Waals surface area (Å²) in [4.78, 5) is 9.49. The Kier molecular flexibility index (Phi) is 2.20. The van der Waals surface area contributed by atoms with E-state index < -0.39 is 0 Å². The van der Waals surface area contributed by atoms with Gasteiger partial charge in [-0.05, 0) is 40.8 Å². The molecule has 1 aliphatic rings. The molecule has 5 aromatic rings. The van der Waals surface area contributed by atoms with Gasteiger partial charge < -0.3 is 0 Å². The van der Waals surface area contributed by atoms with Crippen molar-refractivity contribution in [2.45, 2.75) is 6.42 Å². The van der Waals surface area contributed by atoms with Crippen LogP contribution in [-0.4, -0.2) is 9.97 Å². The minimum atomic E-state index is 0.988. The lowest BCUT2D eigenvalue weighted by Crippen LogP contribution is -2.00. The Bertz CT molecular complexity index is 1250. The largest absolute Gasteiger partial charge is 0.256 e. The van der Waals surface area contributed by atoms with E-state index in [1.165, 1.54) is 31.5 Å². The molecule has 0 fully saturated rings. The molecule has 4 aromatic heterocycles.